The molecule has 2 aromatic rings. The summed E-state index contributed by atoms with van der Waals surface area (Å²) in [6, 6.07) is 11.7. The monoisotopic (exact) mass is 432 g/mol. The van der Waals surface area contributed by atoms with Gasteiger partial charge in [-0.25, -0.2) is 13.2 Å². The minimum absolute atomic E-state index is 0.0733. The van der Waals surface area contributed by atoms with Gasteiger partial charge in [0.2, 0.25) is 0 Å². The molecule has 8 nitrogen and oxygen atoms in total. The third kappa shape index (κ3) is 6.70. The largest absolute Gasteiger partial charge is 0.452 e. The van der Waals surface area contributed by atoms with E-state index < -0.39 is 28.3 Å². The Morgan fingerprint density at radius 3 is 2.23 bits per heavy atom. The maximum Gasteiger partial charge on any atom is 0.338 e. The van der Waals surface area contributed by atoms with E-state index in [4.69, 9.17) is 4.74 Å². The molecule has 0 heterocycles. The molecule has 9 heteroatoms. The Labute approximate surface area is 175 Å². The van der Waals surface area contributed by atoms with E-state index in [2.05, 4.69) is 10.6 Å². The number of hydrogen-bond donors (Lipinski definition) is 2. The molecule has 0 unspecified atom stereocenters. The number of hydrogen-bond acceptors (Lipinski definition) is 6. The number of sulfone groups is 1. The number of carbonyl (C=O) groups excluding carboxylic acids is 3. The molecule has 0 atom stereocenters. The topological polar surface area (TPSA) is 119 Å². The van der Waals surface area contributed by atoms with Crippen LogP contribution in [0.1, 0.15) is 34.6 Å². The van der Waals surface area contributed by atoms with Gasteiger partial charge >= 0.3 is 5.97 Å². The molecule has 0 aliphatic rings. The van der Waals surface area contributed by atoms with Crippen LogP contribution in [-0.2, 0) is 19.4 Å². The number of esters is 1. The number of amides is 2. The first kappa shape index (κ1) is 23.1. The minimum Gasteiger partial charge on any atom is -0.452 e. The second-order valence-corrected chi connectivity index (χ2v) is 9.09. The summed E-state index contributed by atoms with van der Waals surface area (Å²) in [5.74, 6) is -1.42. The van der Waals surface area contributed by atoms with E-state index in [1.54, 1.807) is 24.3 Å². The predicted molar refractivity (Wildman–Crippen MR) is 112 cm³/mol. The molecule has 160 valence electrons. The minimum atomic E-state index is -3.37. The van der Waals surface area contributed by atoms with E-state index in [1.165, 1.54) is 24.3 Å². The van der Waals surface area contributed by atoms with Gasteiger partial charge in [-0.05, 0) is 42.3 Å². The number of anilines is 1. The second kappa shape index (κ2) is 10.0. The first-order valence-corrected chi connectivity index (χ1v) is 11.1. The Bertz CT molecular complexity index is 1030. The second-order valence-electron chi connectivity index (χ2n) is 7.07. The lowest BCUT2D eigenvalue weighted by Crippen LogP contribution is -2.29. The van der Waals surface area contributed by atoms with Gasteiger partial charge in [0.1, 0.15) is 0 Å². The zero-order valence-corrected chi connectivity index (χ0v) is 17.8. The zero-order chi connectivity index (χ0) is 22.3. The van der Waals surface area contributed by atoms with Crippen LogP contribution >= 0.6 is 0 Å². The van der Waals surface area contributed by atoms with Gasteiger partial charge in [0.15, 0.2) is 16.4 Å². The number of rotatable bonds is 8. The molecule has 0 bridgehead atoms. The maximum absolute atomic E-state index is 12.3. The molecule has 0 saturated carbocycles. The van der Waals surface area contributed by atoms with Crippen LogP contribution in [0.2, 0.25) is 0 Å². The fourth-order valence-electron chi connectivity index (χ4n) is 2.42. The fraction of sp³-hybridized carbons (Fsp3) is 0.286. The van der Waals surface area contributed by atoms with Crippen molar-refractivity contribution >= 4 is 33.3 Å². The van der Waals surface area contributed by atoms with Gasteiger partial charge in [-0.15, -0.1) is 0 Å². The van der Waals surface area contributed by atoms with Crippen LogP contribution in [0.25, 0.3) is 0 Å². The van der Waals surface area contributed by atoms with E-state index >= 15 is 0 Å². The van der Waals surface area contributed by atoms with Crippen molar-refractivity contribution in [1.29, 1.82) is 0 Å². The average molecular weight is 432 g/mol. The summed E-state index contributed by atoms with van der Waals surface area (Å²) >= 11 is 0. The first-order chi connectivity index (χ1) is 14.1. The highest BCUT2D eigenvalue weighted by Crippen LogP contribution is 2.15. The van der Waals surface area contributed by atoms with E-state index in [0.717, 1.165) is 6.26 Å². The summed E-state index contributed by atoms with van der Waals surface area (Å²) < 4.78 is 27.9. The van der Waals surface area contributed by atoms with Crippen molar-refractivity contribution in [1.82, 2.24) is 5.32 Å². The van der Waals surface area contributed by atoms with Crippen molar-refractivity contribution in [2.75, 3.05) is 24.7 Å². The Morgan fingerprint density at radius 1 is 1.00 bits per heavy atom. The smallest absolute Gasteiger partial charge is 0.338 e. The molecule has 0 aliphatic carbocycles. The van der Waals surface area contributed by atoms with E-state index in [-0.39, 0.29) is 22.3 Å². The van der Waals surface area contributed by atoms with Crippen LogP contribution in [0.5, 0.6) is 0 Å². The first-order valence-electron chi connectivity index (χ1n) is 9.22. The Kier molecular flexibility index (Phi) is 7.71. The van der Waals surface area contributed by atoms with Crippen LogP contribution < -0.4 is 10.6 Å². The number of nitrogens with one attached hydrogen (secondary N) is 2. The lowest BCUT2D eigenvalue weighted by molar-refractivity contribution is -0.119. The summed E-state index contributed by atoms with van der Waals surface area (Å²) in [4.78, 5) is 36.6. The number of ether oxygens (including phenoxy) is 1. The van der Waals surface area contributed by atoms with Gasteiger partial charge in [-0.3, -0.25) is 9.59 Å². The molecule has 0 fully saturated rings. The van der Waals surface area contributed by atoms with Gasteiger partial charge in [0, 0.05) is 12.8 Å². The summed E-state index contributed by atoms with van der Waals surface area (Å²) in [5.41, 5.74) is 0.718. The van der Waals surface area contributed by atoms with Gasteiger partial charge < -0.3 is 15.4 Å². The van der Waals surface area contributed by atoms with E-state index in [0.29, 0.717) is 17.8 Å². The van der Waals surface area contributed by atoms with E-state index in [9.17, 15) is 22.8 Å². The Balaban J connectivity index is 1.96. The van der Waals surface area contributed by atoms with Gasteiger partial charge in [0.25, 0.3) is 11.8 Å². The van der Waals surface area contributed by atoms with Crippen LogP contribution in [0.3, 0.4) is 0 Å². The average Bonchev–Trinajstić information content (AvgIpc) is 2.70. The third-order valence-corrected chi connectivity index (χ3v) is 5.10. The molecular formula is C21H24N2O6S. The van der Waals surface area contributed by atoms with Crippen molar-refractivity contribution in [2.24, 2.45) is 5.92 Å². The molecule has 0 aromatic heterocycles. The zero-order valence-electron chi connectivity index (χ0n) is 17.0. The van der Waals surface area contributed by atoms with Gasteiger partial charge in [0.05, 0.1) is 21.7 Å². The fourth-order valence-corrected chi connectivity index (χ4v) is 3.05. The van der Waals surface area contributed by atoms with Crippen LogP contribution in [0.15, 0.2) is 53.4 Å². The molecule has 2 rings (SSSR count). The van der Waals surface area contributed by atoms with Gasteiger partial charge in [-0.2, -0.15) is 0 Å². The lowest BCUT2D eigenvalue weighted by Gasteiger charge is -2.12. The van der Waals surface area contributed by atoms with Crippen molar-refractivity contribution < 1.29 is 27.5 Å². The molecule has 0 aliphatic heterocycles. The van der Waals surface area contributed by atoms with Crippen LogP contribution in [-0.4, -0.2) is 45.6 Å². The summed E-state index contributed by atoms with van der Waals surface area (Å²) in [6.07, 6.45) is 1.06. The molecule has 30 heavy (non-hydrogen) atoms. The number of benzene rings is 2. The molecular weight excluding hydrogens is 408 g/mol. The van der Waals surface area contributed by atoms with E-state index in [1.807, 2.05) is 13.8 Å². The molecule has 0 saturated heterocycles. The SMILES string of the molecule is CC(C)CNC(=O)c1ccccc1NC(=O)COC(=O)c1ccc(S(C)(=O)=O)cc1. The number of carbonyl (C=O) groups is 3. The third-order valence-electron chi connectivity index (χ3n) is 3.97. The Morgan fingerprint density at radius 2 is 1.63 bits per heavy atom. The van der Waals surface area contributed by atoms with Crippen molar-refractivity contribution in [2.45, 2.75) is 18.7 Å². The quantitative estimate of drug-likeness (QED) is 0.618. The Hall–Kier alpha value is -3.20. The molecule has 0 spiro atoms. The summed E-state index contributed by atoms with van der Waals surface area (Å²) in [6.45, 7) is 3.87. The maximum atomic E-state index is 12.3. The standard InChI is InChI=1S/C21H24N2O6S/c1-14(2)12-22-20(25)17-6-4-5-7-18(17)23-19(24)13-29-21(26)15-8-10-16(11-9-15)30(3,27)28/h4-11,14H,12-13H2,1-3H3,(H,22,25)(H,23,24). The highest BCUT2D eigenvalue weighted by molar-refractivity contribution is 7.90. The highest BCUT2D eigenvalue weighted by Gasteiger charge is 2.16. The summed E-state index contributed by atoms with van der Waals surface area (Å²) in [5, 5.41) is 5.34. The van der Waals surface area contributed by atoms with Crippen LogP contribution in [0, 0.1) is 5.92 Å². The van der Waals surface area contributed by atoms with Gasteiger partial charge in [-0.1, -0.05) is 26.0 Å². The molecule has 2 amide bonds. The molecule has 2 aromatic carbocycles. The highest BCUT2D eigenvalue weighted by atomic mass is 32.2. The lowest BCUT2D eigenvalue weighted by atomic mass is 10.1. The molecule has 0 radical (unpaired) electrons. The molecule has 2 N–H and O–H groups in total. The van der Waals surface area contributed by atoms with Crippen molar-refractivity contribution in [3.05, 3.63) is 59.7 Å². The van der Waals surface area contributed by atoms with Crippen molar-refractivity contribution in [3.8, 4) is 0 Å². The normalized spacial score (nSPS) is 11.1. The predicted octanol–water partition coefficient (Wildman–Crippen LogP) is 2.27. The van der Waals surface area contributed by atoms with Crippen molar-refractivity contribution in [3.63, 3.8) is 0 Å². The number of para-hydroxylation sites is 1. The summed E-state index contributed by atoms with van der Waals surface area (Å²) in [7, 11) is -3.37. The van der Waals surface area contributed by atoms with Crippen LogP contribution in [0.4, 0.5) is 5.69 Å².